The fraction of sp³-hybridized carbons (Fsp3) is 0.273. The fourth-order valence-corrected chi connectivity index (χ4v) is 3.73. The molecule has 0 radical (unpaired) electrons. The largest absolute Gasteiger partial charge is 0.490 e. The van der Waals surface area contributed by atoms with E-state index < -0.39 is 7.12 Å². The summed E-state index contributed by atoms with van der Waals surface area (Å²) >= 11 is 0. The normalized spacial score (nSPS) is 11.9. The highest BCUT2D eigenvalue weighted by Crippen LogP contribution is 2.35. The molecule has 0 unspecified atom stereocenters. The lowest BCUT2D eigenvalue weighted by Crippen LogP contribution is -2.31. The van der Waals surface area contributed by atoms with Crippen LogP contribution in [-0.2, 0) is 0 Å². The van der Waals surface area contributed by atoms with Gasteiger partial charge in [0.1, 0.15) is 11.5 Å². The average molecular weight is 373 g/mol. The number of hydrogen-bond acceptors (Lipinski definition) is 4. The van der Waals surface area contributed by atoms with E-state index in [-0.39, 0.29) is 11.8 Å². The Morgan fingerprint density at radius 2 is 1.57 bits per heavy atom. The highest BCUT2D eigenvalue weighted by atomic mass is 16.4. The van der Waals surface area contributed by atoms with Crippen LogP contribution in [0.2, 0.25) is 0 Å². The highest BCUT2D eigenvalue weighted by molar-refractivity contribution is 6.62. The second-order valence-corrected chi connectivity index (χ2v) is 7.76. The van der Waals surface area contributed by atoms with Crippen molar-refractivity contribution in [1.82, 2.24) is 14.5 Å². The van der Waals surface area contributed by atoms with Crippen LogP contribution in [0.1, 0.15) is 51.0 Å². The van der Waals surface area contributed by atoms with E-state index >= 15 is 0 Å². The lowest BCUT2D eigenvalue weighted by atomic mass is 9.79. The van der Waals surface area contributed by atoms with E-state index in [1.165, 1.54) is 0 Å². The van der Waals surface area contributed by atoms with Crippen LogP contribution in [0, 0.1) is 0 Å². The van der Waals surface area contributed by atoms with Crippen molar-refractivity contribution in [2.24, 2.45) is 0 Å². The third-order valence-electron chi connectivity index (χ3n) is 5.06. The molecule has 0 aliphatic carbocycles. The molecular formula is C22H24BN3O2. The highest BCUT2D eigenvalue weighted by Gasteiger charge is 2.25. The molecular weight excluding hydrogens is 349 g/mol. The molecule has 4 rings (SSSR count). The minimum Gasteiger partial charge on any atom is -0.423 e. The lowest BCUT2D eigenvalue weighted by Gasteiger charge is -2.13. The molecule has 2 heterocycles. The summed E-state index contributed by atoms with van der Waals surface area (Å²) in [5.41, 5.74) is 3.93. The zero-order valence-electron chi connectivity index (χ0n) is 16.6. The van der Waals surface area contributed by atoms with Gasteiger partial charge in [-0.15, -0.1) is 0 Å². The molecule has 142 valence electrons. The average Bonchev–Trinajstić information content (AvgIpc) is 3.01. The number of benzene rings is 2. The van der Waals surface area contributed by atoms with Crippen molar-refractivity contribution in [2.75, 3.05) is 0 Å². The van der Waals surface area contributed by atoms with Crippen LogP contribution in [0.15, 0.2) is 48.5 Å². The minimum atomic E-state index is -1.57. The maximum absolute atomic E-state index is 10.0. The monoisotopic (exact) mass is 373 g/mol. The van der Waals surface area contributed by atoms with Gasteiger partial charge in [0.25, 0.3) is 0 Å². The van der Waals surface area contributed by atoms with Crippen molar-refractivity contribution >= 4 is 34.5 Å². The minimum absolute atomic E-state index is 0.187. The molecule has 0 spiro atoms. The summed E-state index contributed by atoms with van der Waals surface area (Å²) in [7, 11) is -1.57. The first-order valence-corrected chi connectivity index (χ1v) is 9.66. The number of fused-ring (bicyclic) bond motifs is 3. The van der Waals surface area contributed by atoms with Crippen LogP contribution in [-0.4, -0.2) is 31.7 Å². The lowest BCUT2D eigenvalue weighted by molar-refractivity contribution is 0.426. The maximum Gasteiger partial charge on any atom is 0.490 e. The molecule has 2 N–H and O–H groups in total. The number of aromatic nitrogens is 3. The summed E-state index contributed by atoms with van der Waals surface area (Å²) in [6.45, 7) is 8.43. The summed E-state index contributed by atoms with van der Waals surface area (Å²) in [5.74, 6) is 1.19. The number of rotatable bonds is 4. The van der Waals surface area contributed by atoms with Crippen molar-refractivity contribution in [3.05, 3.63) is 60.0 Å². The first kappa shape index (κ1) is 18.7. The molecule has 0 amide bonds. The van der Waals surface area contributed by atoms with Gasteiger partial charge < -0.3 is 10.0 Å². The molecule has 6 heteroatoms. The van der Waals surface area contributed by atoms with Gasteiger partial charge in [-0.2, -0.15) is 0 Å². The van der Waals surface area contributed by atoms with Crippen LogP contribution in [0.5, 0.6) is 0 Å². The molecule has 2 aromatic heterocycles. The molecule has 0 aliphatic heterocycles. The van der Waals surface area contributed by atoms with E-state index in [0.29, 0.717) is 5.46 Å². The van der Waals surface area contributed by atoms with Crippen LogP contribution in [0.25, 0.3) is 27.6 Å². The van der Waals surface area contributed by atoms with E-state index in [0.717, 1.165) is 39.1 Å². The van der Waals surface area contributed by atoms with Gasteiger partial charge in [-0.25, -0.2) is 9.97 Å². The second kappa shape index (κ2) is 7.04. The number of para-hydroxylation sites is 2. The molecule has 0 atom stereocenters. The Morgan fingerprint density at radius 1 is 0.857 bits per heavy atom. The SMILES string of the molecule is CC(C)c1nc(C(C)C)c2c3cccc(B(O)O)c3n(-c3ccccc3)c2n1. The fourth-order valence-electron chi connectivity index (χ4n) is 3.73. The standard InChI is InChI=1S/C22H24BN3O2/c1-13(2)19-18-16-11-8-12-17(23(27)28)20(16)26(15-9-6-5-7-10-15)22(18)25-21(24-19)14(3)4/h5-14,27-28H,1-4H3. The first-order valence-electron chi connectivity index (χ1n) is 9.66. The van der Waals surface area contributed by atoms with Crippen molar-refractivity contribution in [2.45, 2.75) is 39.5 Å². The Labute approximate surface area is 164 Å². The molecule has 0 fully saturated rings. The topological polar surface area (TPSA) is 71.2 Å². The van der Waals surface area contributed by atoms with Gasteiger partial charge in [0.15, 0.2) is 0 Å². The zero-order valence-corrected chi connectivity index (χ0v) is 16.6. The summed E-state index contributed by atoms with van der Waals surface area (Å²) < 4.78 is 2.03. The van der Waals surface area contributed by atoms with E-state index in [2.05, 4.69) is 27.7 Å². The van der Waals surface area contributed by atoms with Gasteiger partial charge in [-0.3, -0.25) is 4.57 Å². The Morgan fingerprint density at radius 3 is 2.18 bits per heavy atom. The molecule has 28 heavy (non-hydrogen) atoms. The van der Waals surface area contributed by atoms with E-state index in [9.17, 15) is 10.0 Å². The van der Waals surface area contributed by atoms with Crippen molar-refractivity contribution in [3.63, 3.8) is 0 Å². The van der Waals surface area contributed by atoms with Crippen molar-refractivity contribution in [3.8, 4) is 5.69 Å². The third kappa shape index (κ3) is 2.89. The van der Waals surface area contributed by atoms with Gasteiger partial charge in [-0.1, -0.05) is 64.1 Å². The molecule has 5 nitrogen and oxygen atoms in total. The molecule has 0 saturated heterocycles. The van der Waals surface area contributed by atoms with Gasteiger partial charge in [0.2, 0.25) is 0 Å². The molecule has 4 aromatic rings. The third-order valence-corrected chi connectivity index (χ3v) is 5.06. The number of hydrogen-bond donors (Lipinski definition) is 2. The zero-order chi connectivity index (χ0) is 20.0. The van der Waals surface area contributed by atoms with Gasteiger partial charge in [0.05, 0.1) is 11.2 Å². The van der Waals surface area contributed by atoms with Crippen LogP contribution >= 0.6 is 0 Å². The molecule has 0 bridgehead atoms. The predicted molar refractivity (Wildman–Crippen MR) is 114 cm³/mol. The summed E-state index contributed by atoms with van der Waals surface area (Å²) in [6.07, 6.45) is 0. The predicted octanol–water partition coefficient (Wildman–Crippen LogP) is 3.50. The number of nitrogens with zero attached hydrogens (tertiary/aromatic N) is 3. The Hall–Kier alpha value is -2.70. The Kier molecular flexibility index (Phi) is 4.69. The van der Waals surface area contributed by atoms with E-state index in [1.807, 2.05) is 47.0 Å². The summed E-state index contributed by atoms with van der Waals surface area (Å²) in [6, 6.07) is 15.5. The second-order valence-electron chi connectivity index (χ2n) is 7.76. The van der Waals surface area contributed by atoms with Crippen LogP contribution in [0.4, 0.5) is 0 Å². The molecule has 0 saturated carbocycles. The first-order chi connectivity index (χ1) is 13.4. The molecule has 2 aromatic carbocycles. The van der Waals surface area contributed by atoms with Crippen LogP contribution < -0.4 is 5.46 Å². The summed E-state index contributed by atoms with van der Waals surface area (Å²) in [5, 5.41) is 22.0. The maximum atomic E-state index is 10.0. The van der Waals surface area contributed by atoms with Crippen LogP contribution in [0.3, 0.4) is 0 Å². The van der Waals surface area contributed by atoms with Crippen molar-refractivity contribution < 1.29 is 10.0 Å². The Bertz CT molecular complexity index is 1150. The van der Waals surface area contributed by atoms with Gasteiger partial charge >= 0.3 is 7.12 Å². The summed E-state index contributed by atoms with van der Waals surface area (Å²) in [4.78, 5) is 9.80. The van der Waals surface area contributed by atoms with Crippen molar-refractivity contribution in [1.29, 1.82) is 0 Å². The quantitative estimate of drug-likeness (QED) is 0.537. The molecule has 0 aliphatic rings. The van der Waals surface area contributed by atoms with Gasteiger partial charge in [0, 0.05) is 27.8 Å². The van der Waals surface area contributed by atoms with E-state index in [1.54, 1.807) is 6.07 Å². The van der Waals surface area contributed by atoms with Gasteiger partial charge in [-0.05, 0) is 18.1 Å². The Balaban J connectivity index is 2.28. The van der Waals surface area contributed by atoms with E-state index in [4.69, 9.17) is 9.97 Å². The smallest absolute Gasteiger partial charge is 0.423 e.